The van der Waals surface area contributed by atoms with Crippen LogP contribution in [0.5, 0.6) is 0 Å². The van der Waals surface area contributed by atoms with Crippen molar-refractivity contribution < 1.29 is 4.79 Å². The third-order valence-electron chi connectivity index (χ3n) is 5.83. The number of halogens is 1. The van der Waals surface area contributed by atoms with E-state index in [9.17, 15) is 4.79 Å². The molecule has 8 heteroatoms. The van der Waals surface area contributed by atoms with E-state index in [1.807, 2.05) is 11.1 Å². The molecule has 4 heterocycles. The quantitative estimate of drug-likeness (QED) is 0.789. The van der Waals surface area contributed by atoms with Gasteiger partial charge in [0, 0.05) is 58.2 Å². The van der Waals surface area contributed by atoms with Gasteiger partial charge in [-0.1, -0.05) is 17.7 Å². The molecular formula is C22H29ClN6O. The predicted octanol–water partition coefficient (Wildman–Crippen LogP) is 3.12. The van der Waals surface area contributed by atoms with Gasteiger partial charge in [0.1, 0.15) is 11.6 Å². The molecule has 2 aromatic rings. The Morgan fingerprint density at radius 1 is 1.03 bits per heavy atom. The number of piperidine rings is 1. The molecule has 0 atom stereocenters. The minimum absolute atomic E-state index is 0.0133. The Hall–Kier alpha value is -2.38. The van der Waals surface area contributed by atoms with Crippen LogP contribution < -0.4 is 10.2 Å². The van der Waals surface area contributed by atoms with Crippen LogP contribution >= 0.6 is 11.6 Å². The predicted molar refractivity (Wildman–Crippen MR) is 120 cm³/mol. The summed E-state index contributed by atoms with van der Waals surface area (Å²) >= 11 is 6.40. The molecule has 0 aromatic carbocycles. The van der Waals surface area contributed by atoms with E-state index in [4.69, 9.17) is 11.6 Å². The lowest BCUT2D eigenvalue weighted by Gasteiger charge is -2.33. The third-order valence-corrected chi connectivity index (χ3v) is 6.12. The summed E-state index contributed by atoms with van der Waals surface area (Å²) in [7, 11) is 2.15. The van der Waals surface area contributed by atoms with E-state index in [0.717, 1.165) is 63.5 Å². The van der Waals surface area contributed by atoms with Crippen molar-refractivity contribution in [2.75, 3.05) is 56.5 Å². The van der Waals surface area contributed by atoms with Gasteiger partial charge in [0.15, 0.2) is 0 Å². The number of nitrogens with zero attached hydrogens (tertiary/aromatic N) is 5. The van der Waals surface area contributed by atoms with Crippen molar-refractivity contribution in [2.45, 2.75) is 25.8 Å². The highest BCUT2D eigenvalue weighted by molar-refractivity contribution is 6.33. The third kappa shape index (κ3) is 5.02. The van der Waals surface area contributed by atoms with E-state index < -0.39 is 0 Å². The summed E-state index contributed by atoms with van der Waals surface area (Å²) in [5, 5.41) is 3.71. The number of carbonyl (C=O) groups is 1. The van der Waals surface area contributed by atoms with Crippen LogP contribution in [-0.4, -0.2) is 72.0 Å². The number of hydrogen-bond acceptors (Lipinski definition) is 6. The Labute approximate surface area is 183 Å². The number of rotatable bonds is 5. The summed E-state index contributed by atoms with van der Waals surface area (Å²) in [5.74, 6) is 1.61. The van der Waals surface area contributed by atoms with Crippen molar-refractivity contribution in [3.05, 3.63) is 46.7 Å². The first-order valence-corrected chi connectivity index (χ1v) is 11.0. The second kappa shape index (κ2) is 9.62. The second-order valence-electron chi connectivity index (χ2n) is 8.08. The first-order chi connectivity index (χ1) is 14.6. The molecule has 2 saturated heterocycles. The normalized spacial score (nSPS) is 17.8. The Kier molecular flexibility index (Phi) is 6.69. The molecule has 0 saturated carbocycles. The lowest BCUT2D eigenvalue weighted by atomic mass is 10.1. The van der Waals surface area contributed by atoms with Gasteiger partial charge in [0.25, 0.3) is 5.91 Å². The van der Waals surface area contributed by atoms with Gasteiger partial charge >= 0.3 is 0 Å². The zero-order valence-electron chi connectivity index (χ0n) is 17.5. The number of carbonyl (C=O) groups excluding carboxylic acids is 1. The van der Waals surface area contributed by atoms with Gasteiger partial charge in [-0.05, 0) is 44.0 Å². The van der Waals surface area contributed by atoms with Gasteiger partial charge in [-0.25, -0.2) is 9.97 Å². The first-order valence-electron chi connectivity index (χ1n) is 10.7. The number of amides is 1. The summed E-state index contributed by atoms with van der Waals surface area (Å²) in [6.07, 6.45) is 6.82. The summed E-state index contributed by atoms with van der Waals surface area (Å²) in [6, 6.07) is 5.86. The number of aromatic nitrogens is 2. The fraction of sp³-hybridized carbons (Fsp3) is 0.500. The van der Waals surface area contributed by atoms with Crippen molar-refractivity contribution in [3.8, 4) is 0 Å². The Bertz CT molecular complexity index is 860. The SMILES string of the molecule is CN1CCN(c2ccc(CNc3ncc(C(=O)N4CCCCC4)cc3Cl)cn2)CC1. The smallest absolute Gasteiger partial charge is 0.255 e. The number of nitrogens with one attached hydrogen (secondary N) is 1. The largest absolute Gasteiger partial charge is 0.365 e. The van der Waals surface area contributed by atoms with Gasteiger partial charge in [-0.15, -0.1) is 0 Å². The van der Waals surface area contributed by atoms with E-state index in [0.29, 0.717) is 22.9 Å². The molecular weight excluding hydrogens is 400 g/mol. The van der Waals surface area contributed by atoms with Crippen LogP contribution in [0.4, 0.5) is 11.6 Å². The molecule has 30 heavy (non-hydrogen) atoms. The summed E-state index contributed by atoms with van der Waals surface area (Å²) in [6.45, 7) is 6.33. The lowest BCUT2D eigenvalue weighted by Crippen LogP contribution is -2.44. The number of anilines is 2. The molecule has 1 amide bonds. The van der Waals surface area contributed by atoms with Gasteiger partial charge in [-0.3, -0.25) is 4.79 Å². The fourth-order valence-electron chi connectivity index (χ4n) is 3.89. The Morgan fingerprint density at radius 2 is 1.80 bits per heavy atom. The van der Waals surface area contributed by atoms with Gasteiger partial charge < -0.3 is 20.0 Å². The number of likely N-dealkylation sites (N-methyl/N-ethyl adjacent to an activating group) is 1. The number of piperazine rings is 1. The molecule has 0 aliphatic carbocycles. The van der Waals surface area contributed by atoms with E-state index in [2.05, 4.69) is 44.3 Å². The molecule has 2 aliphatic rings. The summed E-state index contributed by atoms with van der Waals surface area (Å²) < 4.78 is 0. The highest BCUT2D eigenvalue weighted by Gasteiger charge is 2.19. The highest BCUT2D eigenvalue weighted by Crippen LogP contribution is 2.23. The van der Waals surface area contributed by atoms with Gasteiger partial charge in [-0.2, -0.15) is 0 Å². The molecule has 4 rings (SSSR count). The van der Waals surface area contributed by atoms with Crippen LogP contribution in [0.15, 0.2) is 30.6 Å². The number of hydrogen-bond donors (Lipinski definition) is 1. The van der Waals surface area contributed by atoms with Crippen molar-refractivity contribution in [3.63, 3.8) is 0 Å². The zero-order valence-corrected chi connectivity index (χ0v) is 18.2. The molecule has 2 aliphatic heterocycles. The van der Waals surface area contributed by atoms with Crippen LogP contribution in [0.1, 0.15) is 35.2 Å². The number of likely N-dealkylation sites (tertiary alicyclic amines) is 1. The van der Waals surface area contributed by atoms with Crippen LogP contribution in [0.2, 0.25) is 5.02 Å². The molecule has 2 aromatic heterocycles. The maximum Gasteiger partial charge on any atom is 0.255 e. The van der Waals surface area contributed by atoms with Crippen LogP contribution in [-0.2, 0) is 6.54 Å². The molecule has 0 unspecified atom stereocenters. The van der Waals surface area contributed by atoms with Gasteiger partial charge in [0.05, 0.1) is 10.6 Å². The standard InChI is InChI=1S/C22H29ClN6O/c1-27-9-11-28(12-10-27)20-6-5-17(14-24-20)15-25-21-19(23)13-18(16-26-21)22(30)29-7-3-2-4-8-29/h5-6,13-14,16H,2-4,7-12,15H2,1H3,(H,25,26). The fourth-order valence-corrected chi connectivity index (χ4v) is 4.13. The molecule has 0 spiro atoms. The molecule has 2 fully saturated rings. The summed E-state index contributed by atoms with van der Waals surface area (Å²) in [4.78, 5) is 28.1. The maximum absolute atomic E-state index is 12.6. The molecule has 0 radical (unpaired) electrons. The van der Waals surface area contributed by atoms with Gasteiger partial charge in [0.2, 0.25) is 0 Å². The zero-order chi connectivity index (χ0) is 20.9. The Morgan fingerprint density at radius 3 is 2.47 bits per heavy atom. The molecule has 1 N–H and O–H groups in total. The minimum atomic E-state index is 0.0133. The van der Waals surface area contributed by atoms with E-state index in [-0.39, 0.29) is 5.91 Å². The highest BCUT2D eigenvalue weighted by atomic mass is 35.5. The van der Waals surface area contributed by atoms with Crippen molar-refractivity contribution in [2.24, 2.45) is 0 Å². The average Bonchev–Trinajstić information content (AvgIpc) is 2.79. The Balaban J connectivity index is 1.34. The average molecular weight is 429 g/mol. The first kappa shape index (κ1) is 20.9. The van der Waals surface area contributed by atoms with Crippen LogP contribution in [0.25, 0.3) is 0 Å². The van der Waals surface area contributed by atoms with E-state index in [1.165, 1.54) is 6.42 Å². The number of pyridine rings is 2. The molecule has 7 nitrogen and oxygen atoms in total. The monoisotopic (exact) mass is 428 g/mol. The topological polar surface area (TPSA) is 64.6 Å². The lowest BCUT2D eigenvalue weighted by molar-refractivity contribution is 0.0724. The van der Waals surface area contributed by atoms with E-state index >= 15 is 0 Å². The van der Waals surface area contributed by atoms with Crippen molar-refractivity contribution in [1.29, 1.82) is 0 Å². The maximum atomic E-state index is 12.6. The summed E-state index contributed by atoms with van der Waals surface area (Å²) in [5.41, 5.74) is 1.60. The molecule has 0 bridgehead atoms. The minimum Gasteiger partial charge on any atom is -0.365 e. The molecule has 160 valence electrons. The van der Waals surface area contributed by atoms with E-state index in [1.54, 1.807) is 12.3 Å². The van der Waals surface area contributed by atoms with Crippen molar-refractivity contribution in [1.82, 2.24) is 19.8 Å². The van der Waals surface area contributed by atoms with Crippen LogP contribution in [0, 0.1) is 0 Å². The second-order valence-corrected chi connectivity index (χ2v) is 8.48. The van der Waals surface area contributed by atoms with Crippen LogP contribution in [0.3, 0.4) is 0 Å². The van der Waals surface area contributed by atoms with Crippen molar-refractivity contribution >= 4 is 29.1 Å².